The summed E-state index contributed by atoms with van der Waals surface area (Å²) in [6.45, 7) is 1.76. The fraction of sp³-hybridized carbons (Fsp3) is 0.667. The van der Waals surface area contributed by atoms with E-state index in [1.807, 2.05) is 60.7 Å². The van der Waals surface area contributed by atoms with Gasteiger partial charge in [0.25, 0.3) is 0 Å². The van der Waals surface area contributed by atoms with Crippen molar-refractivity contribution < 1.29 is 67.1 Å². The van der Waals surface area contributed by atoms with Crippen LogP contribution in [0.25, 0.3) is 0 Å². The molecule has 3 saturated heterocycles. The minimum atomic E-state index is -0.816. The van der Waals surface area contributed by atoms with Crippen molar-refractivity contribution in [3.63, 3.8) is 0 Å². The first-order valence-corrected chi connectivity index (χ1v) is 17.2. The molecule has 14 heteroatoms. The van der Waals surface area contributed by atoms with Crippen molar-refractivity contribution in [1.82, 2.24) is 0 Å². The van der Waals surface area contributed by atoms with Crippen molar-refractivity contribution in [3.05, 3.63) is 71.8 Å². The number of benzene rings is 2. The van der Waals surface area contributed by atoms with Gasteiger partial charge in [-0.2, -0.15) is 0 Å². The van der Waals surface area contributed by atoms with Crippen molar-refractivity contribution in [2.75, 3.05) is 80.3 Å². The summed E-state index contributed by atoms with van der Waals surface area (Å²) < 4.78 is 73.0. The first-order chi connectivity index (χ1) is 24.7. The molecule has 10 atom stereocenters. The zero-order valence-corrected chi connectivity index (χ0v) is 28.8. The zero-order chi connectivity index (χ0) is 35.0. The molecule has 3 fully saturated rings. The van der Waals surface area contributed by atoms with Gasteiger partial charge in [0.15, 0.2) is 12.6 Å². The maximum atomic E-state index is 10.2. The van der Waals surface area contributed by atoms with Gasteiger partial charge in [-0.05, 0) is 11.1 Å². The Kier molecular flexibility index (Phi) is 16.7. The zero-order valence-electron chi connectivity index (χ0n) is 28.8. The number of ether oxygens (including phenoxy) is 12. The van der Waals surface area contributed by atoms with Crippen LogP contribution >= 0.6 is 0 Å². The summed E-state index contributed by atoms with van der Waals surface area (Å²) in [5.74, 6) is 0. The molecule has 280 valence electrons. The second-order valence-electron chi connectivity index (χ2n) is 12.0. The van der Waals surface area contributed by atoms with Crippen LogP contribution in [0.3, 0.4) is 0 Å². The van der Waals surface area contributed by atoms with Gasteiger partial charge >= 0.3 is 0 Å². The van der Waals surface area contributed by atoms with E-state index in [0.717, 1.165) is 11.1 Å². The maximum Gasteiger partial charge on any atom is 0.186 e. The van der Waals surface area contributed by atoms with Crippen molar-refractivity contribution >= 4 is 0 Å². The molecule has 0 aliphatic carbocycles. The highest BCUT2D eigenvalue weighted by molar-refractivity contribution is 5.14. The van der Waals surface area contributed by atoms with Gasteiger partial charge in [0.2, 0.25) is 0 Å². The molecule has 5 rings (SSSR count). The summed E-state index contributed by atoms with van der Waals surface area (Å²) in [7, 11) is 3.03. The lowest BCUT2D eigenvalue weighted by atomic mass is 9.98. The first-order valence-electron chi connectivity index (χ1n) is 17.2. The largest absolute Gasteiger partial charge is 0.394 e. The topological polar surface area (TPSA) is 151 Å². The number of hydrogen-bond acceptors (Lipinski definition) is 14. The van der Waals surface area contributed by atoms with Gasteiger partial charge < -0.3 is 67.1 Å². The Morgan fingerprint density at radius 1 is 0.520 bits per heavy atom. The van der Waals surface area contributed by atoms with Crippen LogP contribution < -0.4 is 0 Å². The number of rotatable bonds is 10. The lowest BCUT2D eigenvalue weighted by Gasteiger charge is -2.45. The van der Waals surface area contributed by atoms with Crippen molar-refractivity contribution in [3.8, 4) is 0 Å². The number of aliphatic hydroxyl groups is 2. The third-order valence-electron chi connectivity index (χ3n) is 8.73. The predicted octanol–water partition coefficient (Wildman–Crippen LogP) is 1.47. The lowest BCUT2D eigenvalue weighted by Crippen LogP contribution is -2.62. The Labute approximate surface area is 293 Å². The van der Waals surface area contributed by atoms with E-state index < -0.39 is 61.4 Å². The summed E-state index contributed by atoms with van der Waals surface area (Å²) in [6, 6.07) is 19.5. The molecule has 0 saturated carbocycles. The molecule has 2 N–H and O–H groups in total. The second-order valence-corrected chi connectivity index (χ2v) is 12.0. The third kappa shape index (κ3) is 10.9. The van der Waals surface area contributed by atoms with E-state index in [0.29, 0.717) is 0 Å². The van der Waals surface area contributed by atoms with Crippen LogP contribution in [0.2, 0.25) is 0 Å². The van der Waals surface area contributed by atoms with Crippen molar-refractivity contribution in [1.29, 1.82) is 0 Å². The fourth-order valence-electron chi connectivity index (χ4n) is 6.27. The summed E-state index contributed by atoms with van der Waals surface area (Å²) in [4.78, 5) is 0. The van der Waals surface area contributed by atoms with E-state index in [4.69, 9.17) is 56.8 Å². The van der Waals surface area contributed by atoms with Gasteiger partial charge in [0, 0.05) is 14.2 Å². The van der Waals surface area contributed by atoms with Crippen molar-refractivity contribution in [2.45, 2.75) is 74.6 Å². The van der Waals surface area contributed by atoms with Crippen LogP contribution in [-0.2, 0) is 70.1 Å². The number of aliphatic hydroxyl groups excluding tert-OH is 2. The highest BCUT2D eigenvalue weighted by atomic mass is 16.7. The molecule has 0 aromatic heterocycles. The highest BCUT2D eigenvalue weighted by Crippen LogP contribution is 2.31. The van der Waals surface area contributed by atoms with E-state index >= 15 is 0 Å². The van der Waals surface area contributed by atoms with Crippen LogP contribution in [-0.4, -0.2) is 152 Å². The monoisotopic (exact) mass is 708 g/mol. The molecule has 3 aliphatic heterocycles. The molecule has 3 aliphatic rings. The molecule has 2 aromatic carbocycles. The van der Waals surface area contributed by atoms with E-state index in [-0.39, 0.29) is 79.3 Å². The van der Waals surface area contributed by atoms with E-state index in [1.165, 1.54) is 14.2 Å². The molecule has 0 amide bonds. The van der Waals surface area contributed by atoms with Crippen LogP contribution in [0.5, 0.6) is 0 Å². The van der Waals surface area contributed by atoms with E-state index in [1.54, 1.807) is 0 Å². The molecular weight excluding hydrogens is 656 g/mol. The average molecular weight is 709 g/mol. The van der Waals surface area contributed by atoms with E-state index in [9.17, 15) is 10.2 Å². The molecule has 14 nitrogen and oxygen atoms in total. The van der Waals surface area contributed by atoms with Gasteiger partial charge in [-0.15, -0.1) is 0 Å². The maximum absolute atomic E-state index is 10.2. The normalized spacial score (nSPS) is 33.8. The quantitative estimate of drug-likeness (QED) is 0.367. The number of fused-ring (bicyclic) bond motifs is 2. The fourth-order valence-corrected chi connectivity index (χ4v) is 6.27. The summed E-state index contributed by atoms with van der Waals surface area (Å²) in [5.41, 5.74) is 1.94. The molecular formula is C36H52O14. The Morgan fingerprint density at radius 2 is 0.880 bits per heavy atom. The van der Waals surface area contributed by atoms with Crippen LogP contribution in [0.4, 0.5) is 0 Å². The predicted molar refractivity (Wildman–Crippen MR) is 176 cm³/mol. The Bertz CT molecular complexity index is 1090. The highest BCUT2D eigenvalue weighted by Gasteiger charge is 2.49. The molecule has 0 radical (unpaired) electrons. The average Bonchev–Trinajstić information content (AvgIpc) is 3.16. The number of methoxy groups -OCH3 is 2. The standard InChI is InChI=1S/C36H52O14/c1-39-35-33-31(29(27(21-37)49-35)47-23-25-9-5-3-6-10-25)43-17-13-42-16-20-46-34-32(44-18-14-41-15-19-45-33)30(28(22-38)50-36(34)40-2)48-24-26-11-7-4-8-12-26/h3-12,27-38H,13-24H2,1-2H3/t27-,28-,29-,30-,31+,32+,33-,34-,35+,36+/m1/s1. The first kappa shape index (κ1) is 39.1. The smallest absolute Gasteiger partial charge is 0.186 e. The molecule has 2 aromatic rings. The van der Waals surface area contributed by atoms with Gasteiger partial charge in [-0.3, -0.25) is 0 Å². The van der Waals surface area contributed by atoms with Gasteiger partial charge in [0.05, 0.1) is 79.3 Å². The summed E-state index contributed by atoms with van der Waals surface area (Å²) >= 11 is 0. The van der Waals surface area contributed by atoms with E-state index in [2.05, 4.69) is 0 Å². The SMILES string of the molecule is CO[C@H]1O[C@H](CO)[C@@H](OCc2ccccc2)[C@@H]2OCCOCCO[C@H]3[C@@H](OC)O[C@H](CO)[C@@H](OCc4ccccc4)[C@@H]3OCCOCCO[C@@H]12. The van der Waals surface area contributed by atoms with Crippen LogP contribution in [0.1, 0.15) is 11.1 Å². The van der Waals surface area contributed by atoms with Crippen LogP contribution in [0, 0.1) is 0 Å². The molecule has 50 heavy (non-hydrogen) atoms. The second kappa shape index (κ2) is 21.4. The van der Waals surface area contributed by atoms with Crippen LogP contribution in [0.15, 0.2) is 60.7 Å². The van der Waals surface area contributed by atoms with Gasteiger partial charge in [0.1, 0.15) is 48.8 Å². The number of hydrogen-bond donors (Lipinski definition) is 2. The molecule has 0 bridgehead atoms. The Morgan fingerprint density at radius 3 is 1.22 bits per heavy atom. The summed E-state index contributed by atoms with van der Waals surface area (Å²) in [5, 5.41) is 20.5. The Hall–Kier alpha value is -2.12. The van der Waals surface area contributed by atoms with Crippen molar-refractivity contribution in [2.24, 2.45) is 0 Å². The molecule has 0 unspecified atom stereocenters. The third-order valence-corrected chi connectivity index (χ3v) is 8.73. The van der Waals surface area contributed by atoms with Gasteiger partial charge in [-0.1, -0.05) is 60.7 Å². The minimum Gasteiger partial charge on any atom is -0.394 e. The summed E-state index contributed by atoms with van der Waals surface area (Å²) in [6.07, 6.45) is -7.03. The Balaban J connectivity index is 1.25. The molecule has 0 spiro atoms. The van der Waals surface area contributed by atoms with Gasteiger partial charge in [-0.25, -0.2) is 0 Å². The lowest BCUT2D eigenvalue weighted by molar-refractivity contribution is -0.322. The minimum absolute atomic E-state index is 0.198. The molecule has 3 heterocycles.